The van der Waals surface area contributed by atoms with Gasteiger partial charge in [0.2, 0.25) is 5.91 Å². The molecule has 18 heavy (non-hydrogen) atoms. The molecule has 0 spiro atoms. The summed E-state index contributed by atoms with van der Waals surface area (Å²) < 4.78 is 5.27. The molecular weight excluding hydrogens is 228 g/mol. The highest BCUT2D eigenvalue weighted by Crippen LogP contribution is 2.05. The topological polar surface area (TPSA) is 54.3 Å². The van der Waals surface area contributed by atoms with Crippen LogP contribution in [0, 0.1) is 0 Å². The van der Waals surface area contributed by atoms with Crippen molar-refractivity contribution < 1.29 is 9.21 Å². The lowest BCUT2D eigenvalue weighted by Crippen LogP contribution is -2.38. The van der Waals surface area contributed by atoms with E-state index in [0.717, 1.165) is 38.0 Å². The molecule has 0 radical (unpaired) electrons. The molecular formula is C14H24N2O2. The molecule has 1 rings (SSSR count). The summed E-state index contributed by atoms with van der Waals surface area (Å²) in [4.78, 5) is 11.5. The minimum atomic E-state index is 0.0771. The largest absolute Gasteiger partial charge is 0.469 e. The molecule has 1 aromatic rings. The lowest BCUT2D eigenvalue weighted by Gasteiger charge is -2.12. The third-order valence-electron chi connectivity index (χ3n) is 2.87. The average Bonchev–Trinajstić information content (AvgIpc) is 2.87. The van der Waals surface area contributed by atoms with Crippen LogP contribution in [0.3, 0.4) is 0 Å². The van der Waals surface area contributed by atoms with Crippen LogP contribution in [0.1, 0.15) is 38.9 Å². The number of furan rings is 1. The summed E-state index contributed by atoms with van der Waals surface area (Å²) in [6.07, 6.45) is 5.70. The molecule has 0 aliphatic rings. The number of unbranched alkanes of at least 4 members (excludes halogenated alkanes) is 1. The molecule has 1 heterocycles. The summed E-state index contributed by atoms with van der Waals surface area (Å²) in [5, 5.41) is 6.11. The average molecular weight is 252 g/mol. The van der Waals surface area contributed by atoms with Gasteiger partial charge in [-0.15, -0.1) is 0 Å². The highest BCUT2D eigenvalue weighted by Gasteiger charge is 2.06. The molecule has 0 bridgehead atoms. The normalized spacial score (nSPS) is 12.3. The maximum absolute atomic E-state index is 11.5. The van der Waals surface area contributed by atoms with Crippen LogP contribution in [0.5, 0.6) is 0 Å². The molecule has 1 amide bonds. The van der Waals surface area contributed by atoms with Gasteiger partial charge in [-0.3, -0.25) is 4.79 Å². The molecule has 4 nitrogen and oxygen atoms in total. The Hall–Kier alpha value is -1.29. The number of amides is 1. The standard InChI is InChI=1S/C14H24N2O2/c1-3-4-9-15-14(17)11-16-12(2)7-8-13-6-5-10-18-13/h5-6,10,12,16H,3-4,7-9,11H2,1-2H3,(H,15,17). The quantitative estimate of drug-likeness (QED) is 0.662. The molecule has 2 N–H and O–H groups in total. The molecule has 0 aromatic carbocycles. The molecule has 0 aliphatic heterocycles. The second kappa shape index (κ2) is 8.75. The second-order valence-corrected chi connectivity index (χ2v) is 4.60. The first-order valence-electron chi connectivity index (χ1n) is 6.74. The zero-order valence-corrected chi connectivity index (χ0v) is 11.4. The molecule has 1 aromatic heterocycles. The van der Waals surface area contributed by atoms with E-state index in [1.807, 2.05) is 12.1 Å². The Morgan fingerprint density at radius 2 is 2.33 bits per heavy atom. The van der Waals surface area contributed by atoms with Crippen molar-refractivity contribution in [2.45, 2.75) is 45.6 Å². The molecule has 102 valence electrons. The number of aryl methyl sites for hydroxylation is 1. The van der Waals surface area contributed by atoms with Gasteiger partial charge in [0.05, 0.1) is 12.8 Å². The van der Waals surface area contributed by atoms with Crippen LogP contribution < -0.4 is 10.6 Å². The molecule has 0 saturated heterocycles. The summed E-state index contributed by atoms with van der Waals surface area (Å²) >= 11 is 0. The zero-order valence-electron chi connectivity index (χ0n) is 11.4. The summed E-state index contributed by atoms with van der Waals surface area (Å²) in [6, 6.07) is 4.19. The third-order valence-corrected chi connectivity index (χ3v) is 2.87. The maximum atomic E-state index is 11.5. The molecule has 0 fully saturated rings. The first-order chi connectivity index (χ1) is 8.72. The van der Waals surface area contributed by atoms with Crippen molar-refractivity contribution in [3.8, 4) is 0 Å². The molecule has 1 unspecified atom stereocenters. The molecule has 4 heteroatoms. The van der Waals surface area contributed by atoms with Crippen molar-refractivity contribution in [1.29, 1.82) is 0 Å². The lowest BCUT2D eigenvalue weighted by atomic mass is 10.1. The van der Waals surface area contributed by atoms with Crippen LogP contribution in [0.25, 0.3) is 0 Å². The molecule has 0 saturated carbocycles. The van der Waals surface area contributed by atoms with Crippen LogP contribution in [0.15, 0.2) is 22.8 Å². The predicted octanol–water partition coefficient (Wildman–Crippen LogP) is 2.11. The Bertz CT molecular complexity index is 323. The number of carbonyl (C=O) groups excluding carboxylic acids is 1. The van der Waals surface area contributed by atoms with Crippen molar-refractivity contribution in [2.24, 2.45) is 0 Å². The smallest absolute Gasteiger partial charge is 0.233 e. The van der Waals surface area contributed by atoms with Crippen molar-refractivity contribution in [1.82, 2.24) is 10.6 Å². The van der Waals surface area contributed by atoms with Gasteiger partial charge in [0.15, 0.2) is 0 Å². The fourth-order valence-corrected chi connectivity index (χ4v) is 1.65. The molecule has 1 atom stereocenters. The van der Waals surface area contributed by atoms with Gasteiger partial charge in [0.25, 0.3) is 0 Å². The van der Waals surface area contributed by atoms with E-state index in [4.69, 9.17) is 4.42 Å². The van der Waals surface area contributed by atoms with Gasteiger partial charge in [-0.05, 0) is 31.9 Å². The highest BCUT2D eigenvalue weighted by atomic mass is 16.3. The fourth-order valence-electron chi connectivity index (χ4n) is 1.65. The van der Waals surface area contributed by atoms with Crippen LogP contribution in [-0.2, 0) is 11.2 Å². The van der Waals surface area contributed by atoms with Gasteiger partial charge in [-0.2, -0.15) is 0 Å². The van der Waals surface area contributed by atoms with E-state index in [-0.39, 0.29) is 5.91 Å². The van der Waals surface area contributed by atoms with E-state index in [0.29, 0.717) is 12.6 Å². The Kier molecular flexibility index (Phi) is 7.18. The van der Waals surface area contributed by atoms with Gasteiger partial charge < -0.3 is 15.1 Å². The van der Waals surface area contributed by atoms with Gasteiger partial charge in [-0.1, -0.05) is 13.3 Å². The Morgan fingerprint density at radius 3 is 3.00 bits per heavy atom. The Morgan fingerprint density at radius 1 is 1.50 bits per heavy atom. The Labute approximate surface area is 109 Å². The monoisotopic (exact) mass is 252 g/mol. The summed E-state index contributed by atoms with van der Waals surface area (Å²) in [5.41, 5.74) is 0. The van der Waals surface area contributed by atoms with Gasteiger partial charge in [0, 0.05) is 19.0 Å². The highest BCUT2D eigenvalue weighted by molar-refractivity contribution is 5.77. The fraction of sp³-hybridized carbons (Fsp3) is 0.643. The predicted molar refractivity (Wildman–Crippen MR) is 72.4 cm³/mol. The summed E-state index contributed by atoms with van der Waals surface area (Å²) in [7, 11) is 0. The van der Waals surface area contributed by atoms with Gasteiger partial charge in [0.1, 0.15) is 5.76 Å². The minimum absolute atomic E-state index is 0.0771. The van der Waals surface area contributed by atoms with E-state index in [2.05, 4.69) is 24.5 Å². The van der Waals surface area contributed by atoms with Gasteiger partial charge >= 0.3 is 0 Å². The van der Waals surface area contributed by atoms with Crippen molar-refractivity contribution >= 4 is 5.91 Å². The van der Waals surface area contributed by atoms with Gasteiger partial charge in [-0.25, -0.2) is 0 Å². The van der Waals surface area contributed by atoms with E-state index in [9.17, 15) is 4.79 Å². The van der Waals surface area contributed by atoms with Crippen LogP contribution in [-0.4, -0.2) is 25.0 Å². The van der Waals surface area contributed by atoms with E-state index >= 15 is 0 Å². The van der Waals surface area contributed by atoms with Crippen LogP contribution in [0.4, 0.5) is 0 Å². The van der Waals surface area contributed by atoms with Crippen LogP contribution >= 0.6 is 0 Å². The number of rotatable bonds is 9. The SMILES string of the molecule is CCCCNC(=O)CNC(C)CCc1ccco1. The number of hydrogen-bond donors (Lipinski definition) is 2. The first-order valence-corrected chi connectivity index (χ1v) is 6.74. The van der Waals surface area contributed by atoms with E-state index < -0.39 is 0 Å². The first kappa shape index (κ1) is 14.8. The summed E-state index contributed by atoms with van der Waals surface area (Å²) in [5.74, 6) is 1.07. The zero-order chi connectivity index (χ0) is 13.2. The number of hydrogen-bond acceptors (Lipinski definition) is 3. The minimum Gasteiger partial charge on any atom is -0.469 e. The lowest BCUT2D eigenvalue weighted by molar-refractivity contribution is -0.120. The van der Waals surface area contributed by atoms with E-state index in [1.165, 1.54) is 0 Å². The second-order valence-electron chi connectivity index (χ2n) is 4.60. The number of nitrogens with one attached hydrogen (secondary N) is 2. The van der Waals surface area contributed by atoms with Crippen LogP contribution in [0.2, 0.25) is 0 Å². The number of carbonyl (C=O) groups is 1. The summed E-state index contributed by atoms with van der Waals surface area (Å²) in [6.45, 7) is 5.37. The molecule has 0 aliphatic carbocycles. The van der Waals surface area contributed by atoms with E-state index in [1.54, 1.807) is 6.26 Å². The third kappa shape index (κ3) is 6.45. The maximum Gasteiger partial charge on any atom is 0.233 e. The van der Waals surface area contributed by atoms with Crippen molar-refractivity contribution in [2.75, 3.05) is 13.1 Å². The van der Waals surface area contributed by atoms with Crippen molar-refractivity contribution in [3.05, 3.63) is 24.2 Å². The van der Waals surface area contributed by atoms with Crippen molar-refractivity contribution in [3.63, 3.8) is 0 Å². The Balaban J connectivity index is 2.05.